The highest BCUT2D eigenvalue weighted by molar-refractivity contribution is 9.10. The van der Waals surface area contributed by atoms with Gasteiger partial charge in [0.05, 0.1) is 0 Å². The van der Waals surface area contributed by atoms with Crippen LogP contribution in [0, 0.1) is 0 Å². The fourth-order valence-electron chi connectivity index (χ4n) is 1.57. The summed E-state index contributed by atoms with van der Waals surface area (Å²) in [6, 6.07) is 12.5. The zero-order chi connectivity index (χ0) is 13.8. The van der Waals surface area contributed by atoms with E-state index in [4.69, 9.17) is 23.2 Å². The molecule has 19 heavy (non-hydrogen) atoms. The van der Waals surface area contributed by atoms with Crippen molar-refractivity contribution in [3.8, 4) is 0 Å². The molecule has 0 aliphatic rings. The summed E-state index contributed by atoms with van der Waals surface area (Å²) in [7, 11) is 0. The number of hydrogen-bond donors (Lipinski definition) is 1. The van der Waals surface area contributed by atoms with Gasteiger partial charge in [0, 0.05) is 26.6 Å². The van der Waals surface area contributed by atoms with E-state index in [1.165, 1.54) is 0 Å². The van der Waals surface area contributed by atoms with E-state index in [9.17, 15) is 4.79 Å². The molecule has 2 aromatic rings. The molecule has 5 heteroatoms. The Morgan fingerprint density at radius 1 is 1.05 bits per heavy atom. The first kappa shape index (κ1) is 14.4. The molecule has 0 aromatic heterocycles. The van der Waals surface area contributed by atoms with Gasteiger partial charge in [-0.15, -0.1) is 0 Å². The van der Waals surface area contributed by atoms with Crippen molar-refractivity contribution < 1.29 is 4.79 Å². The molecule has 2 aromatic carbocycles. The van der Waals surface area contributed by atoms with Crippen molar-refractivity contribution in [2.75, 3.05) is 0 Å². The Morgan fingerprint density at radius 3 is 2.21 bits per heavy atom. The highest BCUT2D eigenvalue weighted by atomic mass is 79.9. The first-order chi connectivity index (χ1) is 9.04. The predicted molar refractivity (Wildman–Crippen MR) is 81.8 cm³/mol. The van der Waals surface area contributed by atoms with Gasteiger partial charge in [-0.2, -0.15) is 0 Å². The summed E-state index contributed by atoms with van der Waals surface area (Å²) in [5.74, 6) is -0.202. The van der Waals surface area contributed by atoms with Crippen LogP contribution in [-0.2, 0) is 6.54 Å². The standard InChI is InChI=1S/C14H10BrCl2NO/c15-11-3-1-9(2-4-11)8-18-14(19)10-5-12(16)7-13(17)6-10/h1-7H,8H2,(H,18,19). The second-order valence-electron chi connectivity index (χ2n) is 3.97. The second-order valence-corrected chi connectivity index (χ2v) is 5.76. The molecule has 1 N–H and O–H groups in total. The molecule has 98 valence electrons. The van der Waals surface area contributed by atoms with Crippen LogP contribution in [-0.4, -0.2) is 5.91 Å². The SMILES string of the molecule is O=C(NCc1ccc(Br)cc1)c1cc(Cl)cc(Cl)c1. The van der Waals surface area contributed by atoms with E-state index in [0.717, 1.165) is 10.0 Å². The molecule has 0 aliphatic heterocycles. The van der Waals surface area contributed by atoms with Crippen LogP contribution in [0.2, 0.25) is 10.0 Å². The van der Waals surface area contributed by atoms with Crippen LogP contribution in [0.1, 0.15) is 15.9 Å². The topological polar surface area (TPSA) is 29.1 Å². The molecule has 0 fully saturated rings. The number of hydrogen-bond acceptors (Lipinski definition) is 1. The van der Waals surface area contributed by atoms with Gasteiger partial charge in [0.1, 0.15) is 0 Å². The number of nitrogens with one attached hydrogen (secondary N) is 1. The van der Waals surface area contributed by atoms with Gasteiger partial charge in [-0.25, -0.2) is 0 Å². The highest BCUT2D eigenvalue weighted by Gasteiger charge is 2.07. The lowest BCUT2D eigenvalue weighted by Crippen LogP contribution is -2.22. The maximum Gasteiger partial charge on any atom is 0.251 e. The van der Waals surface area contributed by atoms with Gasteiger partial charge in [-0.1, -0.05) is 51.3 Å². The normalized spacial score (nSPS) is 10.3. The van der Waals surface area contributed by atoms with Crippen molar-refractivity contribution in [3.63, 3.8) is 0 Å². The molecule has 2 nitrogen and oxygen atoms in total. The number of rotatable bonds is 3. The summed E-state index contributed by atoms with van der Waals surface area (Å²) in [5.41, 5.74) is 1.47. The first-order valence-electron chi connectivity index (χ1n) is 5.53. The van der Waals surface area contributed by atoms with Gasteiger partial charge in [-0.05, 0) is 35.9 Å². The van der Waals surface area contributed by atoms with Crippen LogP contribution < -0.4 is 5.32 Å². The Balaban J connectivity index is 2.03. The zero-order valence-corrected chi connectivity index (χ0v) is 12.9. The molecule has 0 radical (unpaired) electrons. The Bertz CT molecular complexity index is 579. The monoisotopic (exact) mass is 357 g/mol. The fourth-order valence-corrected chi connectivity index (χ4v) is 2.36. The third-order valence-corrected chi connectivity index (χ3v) is 3.46. The van der Waals surface area contributed by atoms with E-state index in [-0.39, 0.29) is 5.91 Å². The third-order valence-electron chi connectivity index (χ3n) is 2.49. The van der Waals surface area contributed by atoms with Crippen molar-refractivity contribution in [2.24, 2.45) is 0 Å². The summed E-state index contributed by atoms with van der Waals surface area (Å²) in [4.78, 5) is 12.0. The zero-order valence-electron chi connectivity index (χ0n) is 9.79. The minimum atomic E-state index is -0.202. The second kappa shape index (κ2) is 6.42. The molecule has 0 bridgehead atoms. The smallest absolute Gasteiger partial charge is 0.251 e. The first-order valence-corrected chi connectivity index (χ1v) is 7.08. The van der Waals surface area contributed by atoms with Crippen LogP contribution in [0.15, 0.2) is 46.9 Å². The van der Waals surface area contributed by atoms with E-state index in [1.54, 1.807) is 18.2 Å². The lowest BCUT2D eigenvalue weighted by Gasteiger charge is -2.06. The number of carbonyl (C=O) groups is 1. The maximum atomic E-state index is 12.0. The number of benzene rings is 2. The summed E-state index contributed by atoms with van der Waals surface area (Å²) < 4.78 is 1.00. The summed E-state index contributed by atoms with van der Waals surface area (Å²) >= 11 is 15.1. The van der Waals surface area contributed by atoms with Gasteiger partial charge in [0.2, 0.25) is 0 Å². The minimum absolute atomic E-state index is 0.202. The highest BCUT2D eigenvalue weighted by Crippen LogP contribution is 2.19. The largest absolute Gasteiger partial charge is 0.348 e. The van der Waals surface area contributed by atoms with E-state index in [1.807, 2.05) is 24.3 Å². The van der Waals surface area contributed by atoms with Crippen LogP contribution in [0.3, 0.4) is 0 Å². The lowest BCUT2D eigenvalue weighted by molar-refractivity contribution is 0.0951. The van der Waals surface area contributed by atoms with Crippen molar-refractivity contribution in [1.29, 1.82) is 0 Å². The molecule has 2 rings (SSSR count). The van der Waals surface area contributed by atoms with Gasteiger partial charge in [-0.3, -0.25) is 4.79 Å². The Labute approximate surface area is 129 Å². The van der Waals surface area contributed by atoms with Gasteiger partial charge >= 0.3 is 0 Å². The van der Waals surface area contributed by atoms with E-state index in [0.29, 0.717) is 22.2 Å². The van der Waals surface area contributed by atoms with Crippen molar-refractivity contribution in [1.82, 2.24) is 5.32 Å². The van der Waals surface area contributed by atoms with E-state index < -0.39 is 0 Å². The van der Waals surface area contributed by atoms with Crippen LogP contribution in [0.25, 0.3) is 0 Å². The quantitative estimate of drug-likeness (QED) is 0.847. The lowest BCUT2D eigenvalue weighted by atomic mass is 10.2. The van der Waals surface area contributed by atoms with E-state index >= 15 is 0 Å². The average Bonchev–Trinajstić information content (AvgIpc) is 2.36. The minimum Gasteiger partial charge on any atom is -0.348 e. The van der Waals surface area contributed by atoms with Crippen LogP contribution in [0.4, 0.5) is 0 Å². The number of carbonyl (C=O) groups excluding carboxylic acids is 1. The molecule has 0 spiro atoms. The molecule has 1 amide bonds. The predicted octanol–water partition coefficient (Wildman–Crippen LogP) is 4.69. The molecular formula is C14H10BrCl2NO. The van der Waals surface area contributed by atoms with Gasteiger partial charge in [0.25, 0.3) is 5.91 Å². The summed E-state index contributed by atoms with van der Waals surface area (Å²) in [6.07, 6.45) is 0. The van der Waals surface area contributed by atoms with Crippen LogP contribution >= 0.6 is 39.1 Å². The van der Waals surface area contributed by atoms with Crippen LogP contribution in [0.5, 0.6) is 0 Å². The Hall–Kier alpha value is -1.03. The Morgan fingerprint density at radius 2 is 1.63 bits per heavy atom. The molecule has 0 heterocycles. The van der Waals surface area contributed by atoms with Crippen molar-refractivity contribution >= 4 is 45.0 Å². The molecule has 0 atom stereocenters. The Kier molecular flexibility index (Phi) is 4.86. The molecular weight excluding hydrogens is 349 g/mol. The molecule has 0 saturated carbocycles. The van der Waals surface area contributed by atoms with Crippen molar-refractivity contribution in [2.45, 2.75) is 6.54 Å². The van der Waals surface area contributed by atoms with Gasteiger partial charge < -0.3 is 5.32 Å². The van der Waals surface area contributed by atoms with Gasteiger partial charge in [0.15, 0.2) is 0 Å². The summed E-state index contributed by atoms with van der Waals surface area (Å²) in [5, 5.41) is 3.71. The van der Waals surface area contributed by atoms with Crippen molar-refractivity contribution in [3.05, 3.63) is 68.1 Å². The fraction of sp³-hybridized carbons (Fsp3) is 0.0714. The number of amides is 1. The molecule has 0 aliphatic carbocycles. The number of halogens is 3. The van der Waals surface area contributed by atoms with E-state index in [2.05, 4.69) is 21.2 Å². The molecule has 0 unspecified atom stereocenters. The summed E-state index contributed by atoms with van der Waals surface area (Å²) in [6.45, 7) is 0.455. The average molecular weight is 359 g/mol. The maximum absolute atomic E-state index is 12.0. The third kappa shape index (κ3) is 4.23. The molecule has 0 saturated heterocycles.